The second-order valence-corrected chi connectivity index (χ2v) is 8.84. The molecule has 3 aromatic rings. The van der Waals surface area contributed by atoms with E-state index >= 15 is 0 Å². The molecule has 2 amide bonds. The number of halogens is 1. The van der Waals surface area contributed by atoms with Gasteiger partial charge in [0.15, 0.2) is 0 Å². The van der Waals surface area contributed by atoms with Crippen molar-refractivity contribution in [3.63, 3.8) is 0 Å². The predicted octanol–water partition coefficient (Wildman–Crippen LogP) is 2.40. The van der Waals surface area contributed by atoms with Crippen molar-refractivity contribution in [2.45, 2.75) is 24.6 Å². The summed E-state index contributed by atoms with van der Waals surface area (Å²) in [6, 6.07) is 14.7. The van der Waals surface area contributed by atoms with Crippen LogP contribution in [0.3, 0.4) is 0 Å². The number of benzene rings is 2. The Hall–Kier alpha value is -3.33. The molecule has 2 heterocycles. The van der Waals surface area contributed by atoms with Crippen LogP contribution in [-0.2, 0) is 23.1 Å². The number of rotatable bonds is 5. The summed E-state index contributed by atoms with van der Waals surface area (Å²) in [6.45, 7) is 1.75. The highest BCUT2D eigenvalue weighted by molar-refractivity contribution is 8.00. The Morgan fingerprint density at radius 3 is 2.53 bits per heavy atom. The quantitative estimate of drug-likeness (QED) is 0.620. The van der Waals surface area contributed by atoms with E-state index in [9.17, 15) is 18.8 Å². The lowest BCUT2D eigenvalue weighted by atomic mass is 10.1. The third kappa shape index (κ3) is 4.20. The standard InChI is InChI=1S/C23H23FN4O3S/c1-14-20(23(31)28(27(14)2)16-9-4-3-5-10-16)26-21(29)18-13-32-19(22(30)25-18)12-15-8-6-7-11-17(15)24/h3-11,18-19H,12-13H2,1-2H3,(H,25,30)(H,26,29)/t18-,19+/m0/s1. The molecule has 1 aromatic heterocycles. The van der Waals surface area contributed by atoms with Gasteiger partial charge in [0, 0.05) is 12.8 Å². The molecule has 0 spiro atoms. The lowest BCUT2D eigenvalue weighted by Crippen LogP contribution is -2.53. The zero-order chi connectivity index (χ0) is 22.8. The van der Waals surface area contributed by atoms with Crippen LogP contribution in [0, 0.1) is 12.7 Å². The SMILES string of the molecule is Cc1c(NC(=O)[C@@H]2CS[C@H](Cc3ccccc3F)C(=O)N2)c(=O)n(-c2ccccc2)n1C. The second kappa shape index (κ2) is 9.04. The Morgan fingerprint density at radius 2 is 1.84 bits per heavy atom. The highest BCUT2D eigenvalue weighted by Crippen LogP contribution is 2.24. The zero-order valence-corrected chi connectivity index (χ0v) is 18.5. The van der Waals surface area contributed by atoms with Crippen molar-refractivity contribution in [3.05, 3.63) is 82.0 Å². The smallest absolute Gasteiger partial charge is 0.295 e. The molecule has 1 fully saturated rings. The van der Waals surface area contributed by atoms with Gasteiger partial charge in [-0.2, -0.15) is 0 Å². The molecule has 0 bridgehead atoms. The number of aromatic nitrogens is 2. The van der Waals surface area contributed by atoms with Crippen LogP contribution in [0.25, 0.3) is 5.69 Å². The van der Waals surface area contributed by atoms with E-state index in [1.54, 1.807) is 49.0 Å². The third-order valence-electron chi connectivity index (χ3n) is 5.56. The predicted molar refractivity (Wildman–Crippen MR) is 123 cm³/mol. The van der Waals surface area contributed by atoms with Crippen LogP contribution in [0.2, 0.25) is 0 Å². The van der Waals surface area contributed by atoms with Crippen molar-refractivity contribution in [1.82, 2.24) is 14.7 Å². The van der Waals surface area contributed by atoms with E-state index in [0.29, 0.717) is 22.7 Å². The number of anilines is 1. The largest absolute Gasteiger partial charge is 0.343 e. The minimum Gasteiger partial charge on any atom is -0.343 e. The van der Waals surface area contributed by atoms with Crippen molar-refractivity contribution in [1.29, 1.82) is 0 Å². The molecule has 7 nitrogen and oxygen atoms in total. The van der Waals surface area contributed by atoms with Gasteiger partial charge in [0.2, 0.25) is 11.8 Å². The van der Waals surface area contributed by atoms with Crippen LogP contribution in [0.4, 0.5) is 10.1 Å². The maximum Gasteiger partial charge on any atom is 0.295 e. The fourth-order valence-electron chi connectivity index (χ4n) is 3.67. The number of carbonyl (C=O) groups excluding carboxylic acids is 2. The monoisotopic (exact) mass is 454 g/mol. The van der Waals surface area contributed by atoms with Gasteiger partial charge in [0.1, 0.15) is 17.5 Å². The molecule has 2 N–H and O–H groups in total. The first kappa shape index (κ1) is 21.9. The highest BCUT2D eigenvalue weighted by atomic mass is 32.2. The van der Waals surface area contributed by atoms with E-state index in [0.717, 1.165) is 0 Å². The first-order chi connectivity index (χ1) is 15.4. The summed E-state index contributed by atoms with van der Waals surface area (Å²) in [4.78, 5) is 38.4. The summed E-state index contributed by atoms with van der Waals surface area (Å²) in [5, 5.41) is 4.92. The molecule has 1 aliphatic rings. The lowest BCUT2D eigenvalue weighted by Gasteiger charge is -2.28. The fraction of sp³-hybridized carbons (Fsp3) is 0.261. The molecule has 1 aliphatic heterocycles. The number of carbonyl (C=O) groups is 2. The summed E-state index contributed by atoms with van der Waals surface area (Å²) in [7, 11) is 1.74. The molecule has 32 heavy (non-hydrogen) atoms. The number of hydrogen-bond acceptors (Lipinski definition) is 4. The molecular formula is C23H23FN4O3S. The summed E-state index contributed by atoms with van der Waals surface area (Å²) in [5.74, 6) is -0.803. The van der Waals surface area contributed by atoms with Gasteiger partial charge in [0.05, 0.1) is 16.6 Å². The number of para-hydroxylation sites is 1. The molecular weight excluding hydrogens is 431 g/mol. The molecule has 0 saturated carbocycles. The van der Waals surface area contributed by atoms with E-state index in [1.807, 2.05) is 18.2 Å². The second-order valence-electron chi connectivity index (χ2n) is 7.60. The number of thioether (sulfide) groups is 1. The van der Waals surface area contributed by atoms with Crippen LogP contribution in [0.1, 0.15) is 11.3 Å². The van der Waals surface area contributed by atoms with Crippen LogP contribution >= 0.6 is 11.8 Å². The maximum absolute atomic E-state index is 13.9. The van der Waals surface area contributed by atoms with Gasteiger partial charge in [-0.25, -0.2) is 9.07 Å². The van der Waals surface area contributed by atoms with Crippen molar-refractivity contribution >= 4 is 29.3 Å². The molecule has 166 valence electrons. The Bertz CT molecular complexity index is 1220. The average molecular weight is 455 g/mol. The summed E-state index contributed by atoms with van der Waals surface area (Å²) in [6.07, 6.45) is 0.247. The molecule has 0 aliphatic carbocycles. The third-order valence-corrected chi connectivity index (χ3v) is 6.86. The number of amides is 2. The first-order valence-electron chi connectivity index (χ1n) is 10.2. The van der Waals surface area contributed by atoms with E-state index in [-0.39, 0.29) is 29.4 Å². The van der Waals surface area contributed by atoms with Crippen molar-refractivity contribution in [3.8, 4) is 5.69 Å². The van der Waals surface area contributed by atoms with Gasteiger partial charge < -0.3 is 10.6 Å². The normalized spacial score (nSPS) is 18.3. The van der Waals surface area contributed by atoms with E-state index in [4.69, 9.17) is 0 Å². The summed E-state index contributed by atoms with van der Waals surface area (Å²) in [5.41, 5.74) is 1.57. The van der Waals surface area contributed by atoms with Crippen LogP contribution in [-0.4, -0.2) is 38.2 Å². The van der Waals surface area contributed by atoms with Gasteiger partial charge in [0.25, 0.3) is 5.56 Å². The number of nitrogens with zero attached hydrogens (tertiary/aromatic N) is 2. The molecule has 0 radical (unpaired) electrons. The summed E-state index contributed by atoms with van der Waals surface area (Å²) < 4.78 is 17.1. The van der Waals surface area contributed by atoms with Gasteiger partial charge >= 0.3 is 0 Å². The van der Waals surface area contributed by atoms with E-state index in [1.165, 1.54) is 22.5 Å². The fourth-order valence-corrected chi connectivity index (χ4v) is 4.85. The van der Waals surface area contributed by atoms with E-state index < -0.39 is 17.2 Å². The average Bonchev–Trinajstić information content (AvgIpc) is 3.00. The number of hydrogen-bond donors (Lipinski definition) is 2. The van der Waals surface area contributed by atoms with E-state index in [2.05, 4.69) is 10.6 Å². The Kier molecular flexibility index (Phi) is 6.18. The molecule has 2 atom stereocenters. The highest BCUT2D eigenvalue weighted by Gasteiger charge is 2.33. The van der Waals surface area contributed by atoms with Gasteiger partial charge in [-0.05, 0) is 37.1 Å². The zero-order valence-electron chi connectivity index (χ0n) is 17.7. The maximum atomic E-state index is 13.9. The van der Waals surface area contributed by atoms with Crippen LogP contribution < -0.4 is 16.2 Å². The Labute approximate surface area is 188 Å². The van der Waals surface area contributed by atoms with Gasteiger partial charge in [-0.3, -0.25) is 19.1 Å². The van der Waals surface area contributed by atoms with Crippen molar-refractivity contribution < 1.29 is 14.0 Å². The summed E-state index contributed by atoms with van der Waals surface area (Å²) >= 11 is 1.31. The first-order valence-corrected chi connectivity index (χ1v) is 11.2. The molecule has 1 saturated heterocycles. The lowest BCUT2D eigenvalue weighted by molar-refractivity contribution is -0.126. The van der Waals surface area contributed by atoms with Crippen molar-refractivity contribution in [2.24, 2.45) is 7.05 Å². The topological polar surface area (TPSA) is 85.1 Å². The Balaban J connectivity index is 1.46. The molecule has 9 heteroatoms. The molecule has 4 rings (SSSR count). The minimum atomic E-state index is -0.784. The Morgan fingerprint density at radius 1 is 1.16 bits per heavy atom. The molecule has 2 aromatic carbocycles. The van der Waals surface area contributed by atoms with Crippen LogP contribution in [0.15, 0.2) is 59.4 Å². The number of nitrogens with one attached hydrogen (secondary N) is 2. The molecule has 0 unspecified atom stereocenters. The van der Waals surface area contributed by atoms with Crippen molar-refractivity contribution in [2.75, 3.05) is 11.1 Å². The van der Waals surface area contributed by atoms with Gasteiger partial charge in [-0.15, -0.1) is 11.8 Å². The van der Waals surface area contributed by atoms with Crippen LogP contribution in [0.5, 0.6) is 0 Å². The minimum absolute atomic E-state index is 0.175. The van der Waals surface area contributed by atoms with Gasteiger partial charge in [-0.1, -0.05) is 36.4 Å².